The van der Waals surface area contributed by atoms with E-state index in [0.29, 0.717) is 0 Å². The largest absolute Gasteiger partial charge is 0.376 e. The molecule has 7 heteroatoms. The number of ether oxygens (including phenoxy) is 1. The molecule has 2 aromatic heterocycles. The minimum absolute atomic E-state index is 0.0230. The number of hydrogen-bond donors (Lipinski definition) is 1. The molecule has 0 aromatic carbocycles. The first-order valence-electron chi connectivity index (χ1n) is 8.07. The van der Waals surface area contributed by atoms with E-state index in [1.54, 1.807) is 11.3 Å². The Labute approximate surface area is 155 Å². The number of halogens is 1. The second kappa shape index (κ2) is 6.96. The van der Waals surface area contributed by atoms with Crippen molar-refractivity contribution in [3.05, 3.63) is 51.4 Å². The Balaban J connectivity index is 1.67. The van der Waals surface area contributed by atoms with E-state index in [1.807, 2.05) is 30.5 Å². The van der Waals surface area contributed by atoms with Gasteiger partial charge >= 0.3 is 0 Å². The number of aromatic nitrogens is 1. The van der Waals surface area contributed by atoms with E-state index in [4.69, 9.17) is 28.6 Å². The van der Waals surface area contributed by atoms with Gasteiger partial charge in [0.05, 0.1) is 28.2 Å². The lowest BCUT2D eigenvalue weighted by atomic mass is 10.0. The van der Waals surface area contributed by atoms with Crippen LogP contribution in [-0.2, 0) is 4.74 Å². The Morgan fingerprint density at radius 1 is 1.38 bits per heavy atom. The number of nitrogens with zero attached hydrogens (tertiary/aromatic N) is 2. The van der Waals surface area contributed by atoms with E-state index >= 15 is 0 Å². The van der Waals surface area contributed by atoms with Crippen LogP contribution in [0.15, 0.2) is 36.5 Å². The number of hydrogen-bond acceptors (Lipinski definition) is 4. The maximum Gasteiger partial charge on any atom is 0.170 e. The third-order valence-corrected chi connectivity index (χ3v) is 6.16. The summed E-state index contributed by atoms with van der Waals surface area (Å²) in [7, 11) is 0. The fourth-order valence-corrected chi connectivity index (χ4v) is 4.93. The molecule has 1 N–H and O–H groups in total. The van der Waals surface area contributed by atoms with Gasteiger partial charge in [0.2, 0.25) is 0 Å². The summed E-state index contributed by atoms with van der Waals surface area (Å²) in [5.74, 6) is 0. The van der Waals surface area contributed by atoms with Gasteiger partial charge in [-0.05, 0) is 49.3 Å². The minimum Gasteiger partial charge on any atom is -0.376 e. The molecule has 4 rings (SSSR count). The number of nitrogens with one attached hydrogen (secondary N) is 1. The Morgan fingerprint density at radius 2 is 2.29 bits per heavy atom. The van der Waals surface area contributed by atoms with E-state index in [2.05, 4.69) is 21.3 Å². The maximum absolute atomic E-state index is 6.19. The summed E-state index contributed by atoms with van der Waals surface area (Å²) >= 11 is 13.4. The van der Waals surface area contributed by atoms with Crippen molar-refractivity contribution in [2.75, 3.05) is 13.2 Å². The molecule has 2 aliphatic rings. The van der Waals surface area contributed by atoms with Crippen LogP contribution in [0.5, 0.6) is 0 Å². The Morgan fingerprint density at radius 3 is 2.96 bits per heavy atom. The highest BCUT2D eigenvalue weighted by Gasteiger charge is 2.41. The van der Waals surface area contributed by atoms with Gasteiger partial charge in [0, 0.05) is 24.2 Å². The lowest BCUT2D eigenvalue weighted by Crippen LogP contribution is -2.36. The Hall–Kier alpha value is -1.21. The van der Waals surface area contributed by atoms with Gasteiger partial charge in [-0.1, -0.05) is 17.7 Å². The van der Waals surface area contributed by atoms with E-state index < -0.39 is 0 Å². The van der Waals surface area contributed by atoms with Crippen molar-refractivity contribution in [2.24, 2.45) is 0 Å². The molecule has 0 spiro atoms. The molecule has 2 saturated heterocycles. The average Bonchev–Trinajstić information content (AvgIpc) is 3.31. The monoisotopic (exact) mass is 379 g/mol. The van der Waals surface area contributed by atoms with E-state index in [-0.39, 0.29) is 18.2 Å². The van der Waals surface area contributed by atoms with Crippen LogP contribution < -0.4 is 5.32 Å². The van der Waals surface area contributed by atoms with Crippen molar-refractivity contribution in [1.82, 2.24) is 15.2 Å². The van der Waals surface area contributed by atoms with Crippen molar-refractivity contribution in [3.8, 4) is 0 Å². The molecular weight excluding hydrogens is 362 g/mol. The fourth-order valence-electron chi connectivity index (χ4n) is 3.41. The Bertz CT molecular complexity index is 718. The van der Waals surface area contributed by atoms with Gasteiger partial charge < -0.3 is 15.0 Å². The lowest BCUT2D eigenvalue weighted by molar-refractivity contribution is 0.0846. The van der Waals surface area contributed by atoms with Gasteiger partial charge in [0.1, 0.15) is 0 Å². The molecule has 4 nitrogen and oxygen atoms in total. The molecule has 3 atom stereocenters. The zero-order valence-corrected chi connectivity index (χ0v) is 15.4. The van der Waals surface area contributed by atoms with E-state index in [0.717, 1.165) is 41.1 Å². The molecule has 0 saturated carbocycles. The first kappa shape index (κ1) is 16.3. The standard InChI is InChI=1S/C17H18ClN3OS2/c18-14-7-6-13(24-14)16-15(12-5-1-2-8-19-12)20-17(23)21(16)10-11-4-3-9-22-11/h1-2,5-8,11,15-16H,3-4,9-10H2,(H,20,23)/t11-,15-,16+/m1/s1. The Kier molecular flexibility index (Phi) is 4.72. The van der Waals surface area contributed by atoms with Crippen LogP contribution in [0.4, 0.5) is 0 Å². The topological polar surface area (TPSA) is 37.4 Å². The van der Waals surface area contributed by atoms with E-state index in [1.165, 1.54) is 4.88 Å². The summed E-state index contributed by atoms with van der Waals surface area (Å²) in [6.45, 7) is 1.65. The molecule has 0 unspecified atom stereocenters. The SMILES string of the molecule is S=C1N[C@H](c2ccccn2)[C@H](c2ccc(Cl)s2)N1C[C@H]1CCCO1. The highest BCUT2D eigenvalue weighted by Crippen LogP contribution is 2.42. The minimum atomic E-state index is 0.0230. The predicted molar refractivity (Wildman–Crippen MR) is 100 cm³/mol. The highest BCUT2D eigenvalue weighted by molar-refractivity contribution is 7.80. The molecule has 126 valence electrons. The van der Waals surface area contributed by atoms with Gasteiger partial charge in [-0.25, -0.2) is 0 Å². The van der Waals surface area contributed by atoms with Crippen LogP contribution in [0, 0.1) is 0 Å². The second-order valence-corrected chi connectivity index (χ2v) is 8.19. The van der Waals surface area contributed by atoms with Crippen molar-refractivity contribution < 1.29 is 4.74 Å². The van der Waals surface area contributed by atoms with Crippen LogP contribution in [0.25, 0.3) is 0 Å². The van der Waals surface area contributed by atoms with Crippen LogP contribution in [0.2, 0.25) is 4.34 Å². The van der Waals surface area contributed by atoms with Crippen LogP contribution >= 0.6 is 35.2 Å². The summed E-state index contributed by atoms with van der Waals surface area (Å²) in [5.41, 5.74) is 0.990. The fraction of sp³-hybridized carbons (Fsp3) is 0.412. The van der Waals surface area contributed by atoms with Crippen molar-refractivity contribution in [2.45, 2.75) is 31.0 Å². The van der Waals surface area contributed by atoms with Crippen LogP contribution in [0.3, 0.4) is 0 Å². The molecule has 2 aliphatic heterocycles. The van der Waals surface area contributed by atoms with Crippen molar-refractivity contribution >= 4 is 40.3 Å². The summed E-state index contributed by atoms with van der Waals surface area (Å²) < 4.78 is 6.62. The molecule has 0 radical (unpaired) electrons. The highest BCUT2D eigenvalue weighted by atomic mass is 35.5. The lowest BCUT2D eigenvalue weighted by Gasteiger charge is -2.28. The average molecular weight is 380 g/mol. The van der Waals surface area contributed by atoms with Crippen molar-refractivity contribution in [1.29, 1.82) is 0 Å². The van der Waals surface area contributed by atoms with Gasteiger partial charge in [-0.3, -0.25) is 4.98 Å². The van der Waals surface area contributed by atoms with Gasteiger partial charge in [-0.15, -0.1) is 11.3 Å². The quantitative estimate of drug-likeness (QED) is 0.814. The van der Waals surface area contributed by atoms with Crippen LogP contribution in [0.1, 0.15) is 35.5 Å². The summed E-state index contributed by atoms with van der Waals surface area (Å²) in [6.07, 6.45) is 4.27. The van der Waals surface area contributed by atoms with Gasteiger partial charge in [-0.2, -0.15) is 0 Å². The van der Waals surface area contributed by atoms with Crippen LogP contribution in [-0.4, -0.2) is 34.3 Å². The third-order valence-electron chi connectivity index (χ3n) is 4.51. The summed E-state index contributed by atoms with van der Waals surface area (Å²) in [6, 6.07) is 10.1. The van der Waals surface area contributed by atoms with Crippen molar-refractivity contribution in [3.63, 3.8) is 0 Å². The molecule has 0 aliphatic carbocycles. The molecule has 24 heavy (non-hydrogen) atoms. The number of thiocarbonyl (C=S) groups is 1. The maximum atomic E-state index is 6.19. The van der Waals surface area contributed by atoms with E-state index in [9.17, 15) is 0 Å². The third kappa shape index (κ3) is 3.16. The summed E-state index contributed by atoms with van der Waals surface area (Å²) in [5, 5.41) is 4.21. The summed E-state index contributed by atoms with van der Waals surface area (Å²) in [4.78, 5) is 7.97. The molecule has 0 amide bonds. The number of rotatable bonds is 4. The normalized spacial score (nSPS) is 26.8. The number of pyridine rings is 1. The molecular formula is C17H18ClN3OS2. The van der Waals surface area contributed by atoms with Gasteiger partial charge in [0.25, 0.3) is 0 Å². The molecule has 0 bridgehead atoms. The molecule has 2 aromatic rings. The van der Waals surface area contributed by atoms with Gasteiger partial charge in [0.15, 0.2) is 5.11 Å². The zero-order chi connectivity index (χ0) is 16.5. The molecule has 4 heterocycles. The number of thiophene rings is 1. The molecule has 2 fully saturated rings. The zero-order valence-electron chi connectivity index (χ0n) is 13.0. The smallest absolute Gasteiger partial charge is 0.170 e. The predicted octanol–water partition coefficient (Wildman–Crippen LogP) is 3.95. The first-order valence-corrected chi connectivity index (χ1v) is 9.67. The second-order valence-electron chi connectivity index (χ2n) is 6.06. The first-order chi connectivity index (χ1) is 11.7.